The molecule has 0 aromatic carbocycles. The van der Waals surface area contributed by atoms with E-state index in [2.05, 4.69) is 20.8 Å². The van der Waals surface area contributed by atoms with Crippen molar-refractivity contribution in [3.63, 3.8) is 0 Å². The molecule has 1 aliphatic carbocycles. The summed E-state index contributed by atoms with van der Waals surface area (Å²) in [6, 6.07) is 0.596. The van der Waals surface area contributed by atoms with Gasteiger partial charge in [0.1, 0.15) is 0 Å². The predicted octanol–water partition coefficient (Wildman–Crippen LogP) is 2.84. The standard InChI is InChI=1S/C13H26BrNO2S/c1-12(2)18(16,17)11-10-15(9-8-14)13-6-4-3-5-7-13/h12-13H,3-11H2,1-2H3. The van der Waals surface area contributed by atoms with Crippen molar-refractivity contribution < 1.29 is 8.42 Å². The summed E-state index contributed by atoms with van der Waals surface area (Å²) in [6.07, 6.45) is 6.38. The minimum atomic E-state index is -2.91. The molecule has 0 radical (unpaired) electrons. The quantitative estimate of drug-likeness (QED) is 0.669. The van der Waals surface area contributed by atoms with Gasteiger partial charge >= 0.3 is 0 Å². The fraction of sp³-hybridized carbons (Fsp3) is 1.00. The van der Waals surface area contributed by atoms with Gasteiger partial charge in [0.05, 0.1) is 11.0 Å². The van der Waals surface area contributed by atoms with Crippen molar-refractivity contribution >= 4 is 25.8 Å². The Bertz CT molecular complexity index is 324. The normalized spacial score (nSPS) is 18.7. The van der Waals surface area contributed by atoms with Gasteiger partial charge in [-0.3, -0.25) is 4.90 Å². The third-order valence-electron chi connectivity index (χ3n) is 3.84. The van der Waals surface area contributed by atoms with Crippen LogP contribution in [0.15, 0.2) is 0 Å². The molecule has 0 N–H and O–H groups in total. The van der Waals surface area contributed by atoms with E-state index in [1.807, 2.05) is 0 Å². The lowest BCUT2D eigenvalue weighted by molar-refractivity contribution is 0.174. The van der Waals surface area contributed by atoms with Gasteiger partial charge in [-0.2, -0.15) is 0 Å². The highest BCUT2D eigenvalue weighted by atomic mass is 79.9. The van der Waals surface area contributed by atoms with Gasteiger partial charge in [0.15, 0.2) is 9.84 Å². The lowest BCUT2D eigenvalue weighted by Crippen LogP contribution is -2.41. The van der Waals surface area contributed by atoms with E-state index < -0.39 is 9.84 Å². The highest BCUT2D eigenvalue weighted by molar-refractivity contribution is 9.09. The fourth-order valence-corrected chi connectivity index (χ4v) is 3.93. The Kier molecular flexibility index (Phi) is 7.17. The summed E-state index contributed by atoms with van der Waals surface area (Å²) in [5, 5.41) is 0.667. The maximum Gasteiger partial charge on any atom is 0.153 e. The van der Waals surface area contributed by atoms with Crippen LogP contribution in [0.4, 0.5) is 0 Å². The number of hydrogen-bond donors (Lipinski definition) is 0. The van der Waals surface area contributed by atoms with Crippen LogP contribution in [0, 0.1) is 0 Å². The zero-order chi connectivity index (χ0) is 13.6. The minimum Gasteiger partial charge on any atom is -0.299 e. The molecule has 1 rings (SSSR count). The van der Waals surface area contributed by atoms with Crippen LogP contribution in [0.2, 0.25) is 0 Å². The summed E-state index contributed by atoms with van der Waals surface area (Å²) in [5.41, 5.74) is 0. The highest BCUT2D eigenvalue weighted by Crippen LogP contribution is 2.22. The van der Waals surface area contributed by atoms with Gasteiger partial charge in [-0.15, -0.1) is 0 Å². The number of rotatable bonds is 7. The zero-order valence-electron chi connectivity index (χ0n) is 11.6. The van der Waals surface area contributed by atoms with Crippen LogP contribution in [0.5, 0.6) is 0 Å². The van der Waals surface area contributed by atoms with E-state index in [1.54, 1.807) is 13.8 Å². The van der Waals surface area contributed by atoms with E-state index in [9.17, 15) is 8.42 Å². The van der Waals surface area contributed by atoms with Crippen LogP contribution >= 0.6 is 15.9 Å². The van der Waals surface area contributed by atoms with Crippen molar-refractivity contribution in [3.05, 3.63) is 0 Å². The summed E-state index contributed by atoms with van der Waals surface area (Å²) >= 11 is 3.47. The summed E-state index contributed by atoms with van der Waals surface area (Å²) in [7, 11) is -2.91. The van der Waals surface area contributed by atoms with Crippen molar-refractivity contribution in [3.8, 4) is 0 Å². The van der Waals surface area contributed by atoms with Crippen molar-refractivity contribution in [1.29, 1.82) is 0 Å². The second-order valence-electron chi connectivity index (χ2n) is 5.43. The molecule has 108 valence electrons. The summed E-state index contributed by atoms with van der Waals surface area (Å²) in [4.78, 5) is 2.37. The molecule has 0 atom stereocenters. The Morgan fingerprint density at radius 1 is 1.17 bits per heavy atom. The van der Waals surface area contributed by atoms with Crippen LogP contribution in [-0.4, -0.2) is 48.8 Å². The van der Waals surface area contributed by atoms with Crippen LogP contribution in [0.1, 0.15) is 46.0 Å². The van der Waals surface area contributed by atoms with Gasteiger partial charge < -0.3 is 0 Å². The van der Waals surface area contributed by atoms with E-state index in [4.69, 9.17) is 0 Å². The molecule has 0 saturated heterocycles. The molecule has 0 aromatic heterocycles. The average molecular weight is 340 g/mol. The van der Waals surface area contributed by atoms with E-state index >= 15 is 0 Å². The molecule has 0 amide bonds. The molecular formula is C13H26BrNO2S. The third-order valence-corrected chi connectivity index (χ3v) is 6.39. The van der Waals surface area contributed by atoms with Crippen LogP contribution < -0.4 is 0 Å². The number of sulfone groups is 1. The highest BCUT2D eigenvalue weighted by Gasteiger charge is 2.23. The topological polar surface area (TPSA) is 37.4 Å². The first kappa shape index (κ1) is 16.4. The Morgan fingerprint density at radius 2 is 1.78 bits per heavy atom. The Labute approximate surface area is 120 Å². The summed E-state index contributed by atoms with van der Waals surface area (Å²) in [6.45, 7) is 5.19. The average Bonchev–Trinajstić information content (AvgIpc) is 2.35. The molecule has 1 aliphatic rings. The van der Waals surface area contributed by atoms with E-state index in [0.717, 1.165) is 11.9 Å². The van der Waals surface area contributed by atoms with E-state index in [0.29, 0.717) is 18.3 Å². The van der Waals surface area contributed by atoms with Crippen LogP contribution in [0.25, 0.3) is 0 Å². The molecule has 1 saturated carbocycles. The van der Waals surface area contributed by atoms with Crippen molar-refractivity contribution in [2.45, 2.75) is 57.2 Å². The van der Waals surface area contributed by atoms with E-state index in [1.165, 1.54) is 32.1 Å². The SMILES string of the molecule is CC(C)S(=O)(=O)CCN(CCBr)C1CCCCC1. The third kappa shape index (κ3) is 5.17. The number of alkyl halides is 1. The lowest BCUT2D eigenvalue weighted by atomic mass is 9.94. The summed E-state index contributed by atoms with van der Waals surface area (Å²) in [5.74, 6) is 0.300. The van der Waals surface area contributed by atoms with E-state index in [-0.39, 0.29) is 5.25 Å². The molecule has 3 nitrogen and oxygen atoms in total. The molecular weight excluding hydrogens is 314 g/mol. The second kappa shape index (κ2) is 7.85. The zero-order valence-corrected chi connectivity index (χ0v) is 14.0. The molecule has 5 heteroatoms. The predicted molar refractivity (Wildman–Crippen MR) is 81.2 cm³/mol. The molecule has 0 bridgehead atoms. The first-order valence-electron chi connectivity index (χ1n) is 6.99. The Hall–Kier alpha value is 0.390. The molecule has 0 aromatic rings. The lowest BCUT2D eigenvalue weighted by Gasteiger charge is -2.34. The molecule has 0 heterocycles. The number of nitrogens with zero attached hydrogens (tertiary/aromatic N) is 1. The molecule has 18 heavy (non-hydrogen) atoms. The van der Waals surface area contributed by atoms with Crippen molar-refractivity contribution in [2.75, 3.05) is 24.2 Å². The van der Waals surface area contributed by atoms with Gasteiger partial charge in [0, 0.05) is 24.5 Å². The maximum atomic E-state index is 11.9. The maximum absolute atomic E-state index is 11.9. The fourth-order valence-electron chi connectivity index (χ4n) is 2.51. The van der Waals surface area contributed by atoms with Crippen molar-refractivity contribution in [2.24, 2.45) is 0 Å². The van der Waals surface area contributed by atoms with Gasteiger partial charge in [-0.25, -0.2) is 8.42 Å². The van der Waals surface area contributed by atoms with Crippen LogP contribution in [0.3, 0.4) is 0 Å². The minimum absolute atomic E-state index is 0.255. The largest absolute Gasteiger partial charge is 0.299 e. The molecule has 0 spiro atoms. The van der Waals surface area contributed by atoms with Crippen molar-refractivity contribution in [1.82, 2.24) is 4.90 Å². The smallest absolute Gasteiger partial charge is 0.153 e. The Balaban J connectivity index is 2.52. The first-order chi connectivity index (χ1) is 8.47. The van der Waals surface area contributed by atoms with Gasteiger partial charge in [0.2, 0.25) is 0 Å². The second-order valence-corrected chi connectivity index (χ2v) is 8.90. The molecule has 0 unspecified atom stereocenters. The van der Waals surface area contributed by atoms with Gasteiger partial charge in [-0.1, -0.05) is 35.2 Å². The number of halogens is 1. The molecule has 1 fully saturated rings. The molecule has 0 aliphatic heterocycles. The summed E-state index contributed by atoms with van der Waals surface area (Å²) < 4.78 is 23.8. The van der Waals surface area contributed by atoms with Gasteiger partial charge in [-0.05, 0) is 26.7 Å². The monoisotopic (exact) mass is 339 g/mol. The first-order valence-corrected chi connectivity index (χ1v) is 9.82. The Morgan fingerprint density at radius 3 is 2.28 bits per heavy atom. The number of hydrogen-bond acceptors (Lipinski definition) is 3. The van der Waals surface area contributed by atoms with Crippen LogP contribution in [-0.2, 0) is 9.84 Å². The van der Waals surface area contributed by atoms with Gasteiger partial charge in [0.25, 0.3) is 0 Å².